The second kappa shape index (κ2) is 24.4. The Morgan fingerprint density at radius 1 is 0.567 bits per heavy atom. The third kappa shape index (κ3) is 12.8. The van der Waals surface area contributed by atoms with Crippen molar-refractivity contribution in [1.82, 2.24) is 9.80 Å². The van der Waals surface area contributed by atoms with E-state index in [1.54, 1.807) is 10.0 Å². The normalized spacial score (nSPS) is 20.1. The van der Waals surface area contributed by atoms with Gasteiger partial charge in [0.15, 0.2) is 0 Å². The summed E-state index contributed by atoms with van der Waals surface area (Å²) >= 11 is 0. The van der Waals surface area contributed by atoms with Crippen molar-refractivity contribution in [3.63, 3.8) is 0 Å². The molecule has 0 bridgehead atoms. The van der Waals surface area contributed by atoms with Crippen LogP contribution in [0.1, 0.15) is 71.9 Å². The molecule has 4 aromatic rings. The molecule has 10 rings (SSSR count). The van der Waals surface area contributed by atoms with Gasteiger partial charge in [0.05, 0.1) is 62.4 Å². The van der Waals surface area contributed by atoms with E-state index in [-0.39, 0.29) is 53.9 Å². The van der Waals surface area contributed by atoms with Gasteiger partial charge in [0.1, 0.15) is 11.5 Å². The molecule has 360 valence electrons. The van der Waals surface area contributed by atoms with Gasteiger partial charge in [-0.3, -0.25) is 19.4 Å². The molecule has 0 aromatic heterocycles. The highest BCUT2D eigenvalue weighted by molar-refractivity contribution is 6.12. The van der Waals surface area contributed by atoms with Crippen LogP contribution in [0, 0.1) is 25.7 Å². The lowest BCUT2D eigenvalue weighted by molar-refractivity contribution is -0.120. The number of halogens is 2. The highest BCUT2D eigenvalue weighted by atomic mass is 35.5. The average molecular weight is 958 g/mol. The number of aryl methyl sites for hydroxylation is 4. The second-order valence-electron chi connectivity index (χ2n) is 17.9. The molecule has 4 heterocycles. The minimum Gasteiger partial charge on any atom is -0.494 e. The van der Waals surface area contributed by atoms with Crippen molar-refractivity contribution in [2.75, 3.05) is 88.9 Å². The number of hydrazone groups is 2. The number of amides is 2. The number of benzene rings is 4. The van der Waals surface area contributed by atoms with E-state index < -0.39 is 0 Å². The van der Waals surface area contributed by atoms with E-state index in [9.17, 15) is 9.59 Å². The van der Waals surface area contributed by atoms with Crippen LogP contribution >= 0.6 is 24.8 Å². The maximum atomic E-state index is 12.8. The van der Waals surface area contributed by atoms with Crippen LogP contribution in [0.3, 0.4) is 0 Å². The summed E-state index contributed by atoms with van der Waals surface area (Å²) in [5.74, 6) is 2.41. The van der Waals surface area contributed by atoms with Crippen molar-refractivity contribution < 1.29 is 34.0 Å². The molecular formula is C52H66Cl2N6O7. The first-order valence-electron chi connectivity index (χ1n) is 23.4. The fraction of sp³-hybridized carbons (Fsp3) is 0.462. The van der Waals surface area contributed by atoms with Crippen LogP contribution in [-0.4, -0.2) is 117 Å². The molecule has 2 unspecified atom stereocenters. The number of carbonyl (C=O) groups excluding carboxylic acids is 2. The van der Waals surface area contributed by atoms with Gasteiger partial charge in [-0.25, -0.2) is 10.0 Å². The molecule has 4 aromatic carbocycles. The molecular weight excluding hydrogens is 892 g/mol. The lowest BCUT2D eigenvalue weighted by atomic mass is 9.79. The van der Waals surface area contributed by atoms with Gasteiger partial charge in [-0.1, -0.05) is 35.4 Å². The van der Waals surface area contributed by atoms with Gasteiger partial charge < -0.3 is 24.4 Å². The second-order valence-corrected chi connectivity index (χ2v) is 17.9. The van der Waals surface area contributed by atoms with Gasteiger partial charge in [-0.15, -0.1) is 24.8 Å². The fourth-order valence-electron chi connectivity index (χ4n) is 9.58. The molecule has 0 spiro atoms. The molecule has 2 atom stereocenters. The number of fused-ring (bicyclic) bond motifs is 6. The predicted octanol–water partition coefficient (Wildman–Crippen LogP) is 7.62. The van der Waals surface area contributed by atoms with Gasteiger partial charge >= 0.3 is 0 Å². The first kappa shape index (κ1) is 51.5. The third-order valence-corrected chi connectivity index (χ3v) is 13.3. The van der Waals surface area contributed by atoms with Crippen LogP contribution in [-0.2, 0) is 31.9 Å². The van der Waals surface area contributed by atoms with Crippen LogP contribution in [0.4, 0.5) is 11.4 Å². The van der Waals surface area contributed by atoms with Gasteiger partial charge in [-0.05, 0) is 124 Å². The molecule has 15 heteroatoms. The molecule has 67 heavy (non-hydrogen) atoms. The summed E-state index contributed by atoms with van der Waals surface area (Å²) in [7, 11) is 0. The monoisotopic (exact) mass is 956 g/mol. The third-order valence-electron chi connectivity index (χ3n) is 13.3. The minimum atomic E-state index is 0. The van der Waals surface area contributed by atoms with E-state index in [1.165, 1.54) is 22.3 Å². The zero-order valence-electron chi connectivity index (χ0n) is 38.8. The number of carbonyl (C=O) groups is 2. The number of ether oxygens (including phenoxy) is 4. The largest absolute Gasteiger partial charge is 0.494 e. The van der Waals surface area contributed by atoms with E-state index in [1.807, 2.05) is 74.5 Å². The first-order chi connectivity index (χ1) is 31.3. The Kier molecular flexibility index (Phi) is 18.8. The lowest BCUT2D eigenvalue weighted by Crippen LogP contribution is -2.39. The maximum Gasteiger partial charge on any atom is 0.248 e. The molecule has 2 amide bonds. The van der Waals surface area contributed by atoms with Crippen molar-refractivity contribution in [2.24, 2.45) is 22.0 Å². The number of morpholine rings is 2. The van der Waals surface area contributed by atoms with Crippen molar-refractivity contribution >= 4 is 59.4 Å². The summed E-state index contributed by atoms with van der Waals surface area (Å²) < 4.78 is 22.9. The smallest absolute Gasteiger partial charge is 0.248 e. The van der Waals surface area contributed by atoms with E-state index >= 15 is 0 Å². The van der Waals surface area contributed by atoms with E-state index in [0.717, 1.165) is 163 Å². The standard InChI is InChI=1S/2C26H31N3O3.2ClH.H2O/c2*1-19-3-7-22(8-4-19)29-25(30)18-21-6-5-20-17-23(9-10-24(20)26(21)27-29)32-14-2-11-28-12-15-31-16-13-28;;;/h2*3-4,7-10,17,21H,2,5-6,11-16,18H2,1H3;2*1H;1H2. The van der Waals surface area contributed by atoms with Crippen LogP contribution in [0.5, 0.6) is 11.5 Å². The van der Waals surface area contributed by atoms with Crippen LogP contribution in [0.15, 0.2) is 95.1 Å². The van der Waals surface area contributed by atoms with Crippen molar-refractivity contribution in [1.29, 1.82) is 0 Å². The first-order valence-corrected chi connectivity index (χ1v) is 23.4. The highest BCUT2D eigenvalue weighted by Gasteiger charge is 2.36. The van der Waals surface area contributed by atoms with Gasteiger partial charge in [0.25, 0.3) is 0 Å². The summed E-state index contributed by atoms with van der Waals surface area (Å²) in [5, 5.41) is 12.8. The molecule has 6 aliphatic rings. The average Bonchev–Trinajstić information content (AvgIpc) is 3.32. The maximum absolute atomic E-state index is 12.8. The molecule has 2 aliphatic carbocycles. The van der Waals surface area contributed by atoms with Gasteiger partial charge in [0, 0.05) is 75.1 Å². The Morgan fingerprint density at radius 3 is 1.34 bits per heavy atom. The fourth-order valence-corrected chi connectivity index (χ4v) is 9.58. The van der Waals surface area contributed by atoms with Crippen molar-refractivity contribution in [3.05, 3.63) is 118 Å². The Labute approximate surface area is 407 Å². The van der Waals surface area contributed by atoms with E-state index in [0.29, 0.717) is 12.8 Å². The highest BCUT2D eigenvalue weighted by Crippen LogP contribution is 2.37. The number of nitrogens with zero attached hydrogens (tertiary/aromatic N) is 6. The number of anilines is 2. The topological polar surface area (TPSA) is 140 Å². The van der Waals surface area contributed by atoms with Gasteiger partial charge in [-0.2, -0.15) is 10.2 Å². The summed E-state index contributed by atoms with van der Waals surface area (Å²) in [5.41, 5.74) is 10.9. The molecule has 2 fully saturated rings. The van der Waals surface area contributed by atoms with E-state index in [4.69, 9.17) is 29.2 Å². The minimum absolute atomic E-state index is 0. The molecule has 2 saturated heterocycles. The van der Waals surface area contributed by atoms with Crippen LogP contribution in [0.25, 0.3) is 0 Å². The number of hydrogen-bond acceptors (Lipinski definition) is 10. The van der Waals surface area contributed by atoms with E-state index in [2.05, 4.69) is 34.1 Å². The Morgan fingerprint density at radius 2 is 0.955 bits per heavy atom. The van der Waals surface area contributed by atoms with Crippen LogP contribution in [0.2, 0.25) is 0 Å². The summed E-state index contributed by atoms with van der Waals surface area (Å²) in [6.07, 6.45) is 6.90. The lowest BCUT2D eigenvalue weighted by Gasteiger charge is -2.33. The zero-order chi connectivity index (χ0) is 43.8. The zero-order valence-corrected chi connectivity index (χ0v) is 40.5. The predicted molar refractivity (Wildman–Crippen MR) is 269 cm³/mol. The van der Waals surface area contributed by atoms with Crippen molar-refractivity contribution in [2.45, 2.75) is 65.2 Å². The molecule has 13 nitrogen and oxygen atoms in total. The Balaban J connectivity index is 0.000000212. The summed E-state index contributed by atoms with van der Waals surface area (Å²) in [4.78, 5) is 30.4. The molecule has 4 aliphatic heterocycles. The SMILES string of the molecule is Cc1ccc(N2N=C3c4ccc(OCCCN5CCOCC5)cc4CCC3CC2=O)cc1.Cc1ccc(N2N=C3c4ccc(OCCCN5CCOCC5)cc4CCC3CC2=O)cc1.Cl.Cl.O. The molecule has 0 saturated carbocycles. The van der Waals surface area contributed by atoms with Crippen LogP contribution < -0.4 is 19.5 Å². The quantitative estimate of drug-likeness (QED) is 0.132. The molecule has 2 N–H and O–H groups in total. The summed E-state index contributed by atoms with van der Waals surface area (Å²) in [6.45, 7) is 15.0. The number of hydrogen-bond donors (Lipinski definition) is 0. The molecule has 0 radical (unpaired) electrons. The summed E-state index contributed by atoms with van der Waals surface area (Å²) in [6, 6.07) is 28.6. The Hall–Kier alpha value is -4.86. The Bertz CT molecular complexity index is 2170. The van der Waals surface area contributed by atoms with Gasteiger partial charge in [0.2, 0.25) is 11.8 Å². The van der Waals surface area contributed by atoms with Crippen molar-refractivity contribution in [3.8, 4) is 11.5 Å². The number of rotatable bonds is 12.